The van der Waals surface area contributed by atoms with Gasteiger partial charge in [0.1, 0.15) is 0 Å². The van der Waals surface area contributed by atoms with Crippen molar-refractivity contribution >= 4 is 0 Å². The smallest absolute Gasteiger partial charge is 0.209 e. The van der Waals surface area contributed by atoms with Gasteiger partial charge in [-0.15, -0.1) is 0 Å². The van der Waals surface area contributed by atoms with Gasteiger partial charge in [-0.05, 0) is 25.8 Å². The lowest BCUT2D eigenvalue weighted by Crippen LogP contribution is -2.24. The molecule has 0 aliphatic carbocycles. The lowest BCUT2D eigenvalue weighted by molar-refractivity contribution is 0.126. The molecule has 1 aliphatic heterocycles. The lowest BCUT2D eigenvalue weighted by Gasteiger charge is -2.15. The van der Waals surface area contributed by atoms with E-state index in [-0.39, 0.29) is 6.10 Å². The van der Waals surface area contributed by atoms with Crippen molar-refractivity contribution in [2.45, 2.75) is 26.0 Å². The van der Waals surface area contributed by atoms with Crippen molar-refractivity contribution in [2.75, 3.05) is 13.1 Å². The summed E-state index contributed by atoms with van der Waals surface area (Å²) in [6.07, 6.45) is 2.60. The number of aromatic nitrogens is 1. The molecule has 1 aliphatic rings. The molecule has 0 spiro atoms. The first kappa shape index (κ1) is 13.3. The van der Waals surface area contributed by atoms with Crippen molar-refractivity contribution in [2.24, 2.45) is 5.92 Å². The SMILES string of the molecule is CC(O)C1CCN(Cc2ncc(-c3ccccc3)o2)C1. The van der Waals surface area contributed by atoms with E-state index < -0.39 is 0 Å². The third kappa shape index (κ3) is 2.92. The van der Waals surface area contributed by atoms with Gasteiger partial charge in [-0.1, -0.05) is 30.3 Å². The van der Waals surface area contributed by atoms with Gasteiger partial charge in [0, 0.05) is 12.1 Å². The lowest BCUT2D eigenvalue weighted by atomic mass is 10.0. The van der Waals surface area contributed by atoms with Crippen molar-refractivity contribution < 1.29 is 9.52 Å². The second kappa shape index (κ2) is 5.77. The standard InChI is InChI=1S/C16H20N2O2/c1-12(19)14-7-8-18(10-14)11-16-17-9-15(20-16)13-5-3-2-4-6-13/h2-6,9,12,14,19H,7-8,10-11H2,1H3. The summed E-state index contributed by atoms with van der Waals surface area (Å²) in [6.45, 7) is 4.50. The molecule has 1 N–H and O–H groups in total. The summed E-state index contributed by atoms with van der Waals surface area (Å²) in [5, 5.41) is 9.62. The Balaban J connectivity index is 1.64. The summed E-state index contributed by atoms with van der Waals surface area (Å²) in [5.41, 5.74) is 1.05. The topological polar surface area (TPSA) is 49.5 Å². The molecule has 0 radical (unpaired) electrons. The maximum atomic E-state index is 9.62. The number of rotatable bonds is 4. The summed E-state index contributed by atoms with van der Waals surface area (Å²) < 4.78 is 5.81. The molecule has 2 unspecified atom stereocenters. The van der Waals surface area contributed by atoms with Crippen molar-refractivity contribution in [3.8, 4) is 11.3 Å². The summed E-state index contributed by atoms with van der Waals surface area (Å²) in [4.78, 5) is 6.64. The zero-order chi connectivity index (χ0) is 13.9. The molecule has 2 atom stereocenters. The highest BCUT2D eigenvalue weighted by Gasteiger charge is 2.26. The molecule has 2 aromatic rings. The monoisotopic (exact) mass is 272 g/mol. The number of benzene rings is 1. The number of hydrogen-bond donors (Lipinski definition) is 1. The molecule has 4 nitrogen and oxygen atoms in total. The zero-order valence-electron chi connectivity index (χ0n) is 11.7. The molecular weight excluding hydrogens is 252 g/mol. The minimum absolute atomic E-state index is 0.232. The van der Waals surface area contributed by atoms with Crippen LogP contribution in [0.3, 0.4) is 0 Å². The molecule has 20 heavy (non-hydrogen) atoms. The highest BCUT2D eigenvalue weighted by molar-refractivity contribution is 5.55. The van der Waals surface area contributed by atoms with Crippen LogP contribution >= 0.6 is 0 Å². The van der Waals surface area contributed by atoms with Crippen LogP contribution in [-0.4, -0.2) is 34.2 Å². The fraction of sp³-hybridized carbons (Fsp3) is 0.438. The largest absolute Gasteiger partial charge is 0.439 e. The van der Waals surface area contributed by atoms with Crippen molar-refractivity contribution in [1.82, 2.24) is 9.88 Å². The third-order valence-electron chi connectivity index (χ3n) is 3.96. The van der Waals surface area contributed by atoms with E-state index in [9.17, 15) is 5.11 Å². The van der Waals surface area contributed by atoms with Crippen LogP contribution < -0.4 is 0 Å². The minimum Gasteiger partial charge on any atom is -0.439 e. The van der Waals surface area contributed by atoms with Crippen LogP contribution in [0.2, 0.25) is 0 Å². The Morgan fingerprint density at radius 1 is 1.40 bits per heavy atom. The number of aliphatic hydroxyl groups excluding tert-OH is 1. The van der Waals surface area contributed by atoms with Gasteiger partial charge in [-0.2, -0.15) is 0 Å². The van der Waals surface area contributed by atoms with Gasteiger partial charge in [-0.25, -0.2) is 4.98 Å². The van der Waals surface area contributed by atoms with Crippen LogP contribution in [0.4, 0.5) is 0 Å². The summed E-state index contributed by atoms with van der Waals surface area (Å²) in [6, 6.07) is 10.0. The molecule has 1 fully saturated rings. The summed E-state index contributed by atoms with van der Waals surface area (Å²) in [7, 11) is 0. The number of likely N-dealkylation sites (tertiary alicyclic amines) is 1. The molecule has 4 heteroatoms. The Labute approximate surface area is 119 Å². The number of oxazole rings is 1. The Morgan fingerprint density at radius 2 is 2.20 bits per heavy atom. The Morgan fingerprint density at radius 3 is 2.90 bits per heavy atom. The van der Waals surface area contributed by atoms with Crippen LogP contribution in [0.25, 0.3) is 11.3 Å². The second-order valence-electron chi connectivity index (χ2n) is 5.51. The molecule has 106 valence electrons. The van der Waals surface area contributed by atoms with Gasteiger partial charge in [-0.3, -0.25) is 4.90 Å². The second-order valence-corrected chi connectivity index (χ2v) is 5.51. The van der Waals surface area contributed by atoms with Crippen LogP contribution in [0.15, 0.2) is 40.9 Å². The third-order valence-corrected chi connectivity index (χ3v) is 3.96. The molecule has 1 saturated heterocycles. The molecule has 0 saturated carbocycles. The number of hydrogen-bond acceptors (Lipinski definition) is 4. The Hall–Kier alpha value is -1.65. The highest BCUT2D eigenvalue weighted by atomic mass is 16.4. The first-order chi connectivity index (χ1) is 9.72. The molecule has 0 bridgehead atoms. The van der Waals surface area contributed by atoms with Crippen molar-refractivity contribution in [3.63, 3.8) is 0 Å². The van der Waals surface area contributed by atoms with Gasteiger partial charge in [0.05, 0.1) is 18.8 Å². The Kier molecular flexibility index (Phi) is 3.85. The van der Waals surface area contributed by atoms with Gasteiger partial charge in [0.25, 0.3) is 0 Å². The average molecular weight is 272 g/mol. The maximum Gasteiger partial charge on any atom is 0.209 e. The van der Waals surface area contributed by atoms with Crippen LogP contribution in [0.5, 0.6) is 0 Å². The minimum atomic E-state index is -0.232. The normalized spacial score (nSPS) is 21.2. The van der Waals surface area contributed by atoms with Crippen LogP contribution in [-0.2, 0) is 6.54 Å². The molecular formula is C16H20N2O2. The van der Waals surface area contributed by atoms with E-state index in [1.54, 1.807) is 6.20 Å². The van der Waals surface area contributed by atoms with Gasteiger partial charge in [0.15, 0.2) is 5.76 Å². The summed E-state index contributed by atoms with van der Waals surface area (Å²) in [5.74, 6) is 1.93. The average Bonchev–Trinajstić information content (AvgIpc) is 3.10. The van der Waals surface area contributed by atoms with Gasteiger partial charge >= 0.3 is 0 Å². The molecule has 0 amide bonds. The maximum absolute atomic E-state index is 9.62. The van der Waals surface area contributed by atoms with Crippen molar-refractivity contribution in [1.29, 1.82) is 0 Å². The van der Waals surface area contributed by atoms with Crippen LogP contribution in [0.1, 0.15) is 19.2 Å². The molecule has 1 aromatic carbocycles. The fourth-order valence-corrected chi connectivity index (χ4v) is 2.71. The van der Waals surface area contributed by atoms with E-state index in [0.717, 1.165) is 43.3 Å². The van der Waals surface area contributed by atoms with E-state index in [4.69, 9.17) is 4.42 Å². The zero-order valence-corrected chi connectivity index (χ0v) is 11.7. The molecule has 2 heterocycles. The van der Waals surface area contributed by atoms with E-state index in [0.29, 0.717) is 5.92 Å². The van der Waals surface area contributed by atoms with E-state index in [1.807, 2.05) is 37.3 Å². The number of aliphatic hydroxyl groups is 1. The number of nitrogens with zero attached hydrogens (tertiary/aromatic N) is 2. The molecule has 3 rings (SSSR count). The van der Waals surface area contributed by atoms with Crippen LogP contribution in [0, 0.1) is 5.92 Å². The Bertz CT molecular complexity index is 551. The van der Waals surface area contributed by atoms with E-state index in [2.05, 4.69) is 9.88 Å². The fourth-order valence-electron chi connectivity index (χ4n) is 2.71. The van der Waals surface area contributed by atoms with Gasteiger partial charge in [0.2, 0.25) is 5.89 Å². The first-order valence-electron chi connectivity index (χ1n) is 7.13. The quantitative estimate of drug-likeness (QED) is 0.929. The highest BCUT2D eigenvalue weighted by Crippen LogP contribution is 2.24. The first-order valence-corrected chi connectivity index (χ1v) is 7.13. The predicted octanol–water partition coefficient (Wildman–Crippen LogP) is 2.54. The summed E-state index contributed by atoms with van der Waals surface area (Å²) >= 11 is 0. The predicted molar refractivity (Wildman–Crippen MR) is 77.0 cm³/mol. The van der Waals surface area contributed by atoms with E-state index >= 15 is 0 Å². The van der Waals surface area contributed by atoms with E-state index in [1.165, 1.54) is 0 Å². The van der Waals surface area contributed by atoms with Crippen molar-refractivity contribution in [3.05, 3.63) is 42.4 Å². The van der Waals surface area contributed by atoms with Gasteiger partial charge < -0.3 is 9.52 Å². The molecule has 1 aromatic heterocycles.